The number of nitrogens with zero attached hydrogens (tertiary/aromatic N) is 3. The van der Waals surface area contributed by atoms with Crippen LogP contribution in [0.4, 0.5) is 0 Å². The fourth-order valence-corrected chi connectivity index (χ4v) is 7.02. The number of phenolic OH excluding ortho intramolecular Hbond substituents is 1. The number of unbranched alkanes of at least 4 members (excludes halogenated alkanes) is 12. The van der Waals surface area contributed by atoms with Crippen molar-refractivity contribution < 1.29 is 44.2 Å². The lowest BCUT2D eigenvalue weighted by molar-refractivity contribution is -0.173. The van der Waals surface area contributed by atoms with Crippen molar-refractivity contribution >= 4 is 35.4 Å². The van der Waals surface area contributed by atoms with Crippen molar-refractivity contribution in [3.05, 3.63) is 29.8 Å². The highest BCUT2D eigenvalue weighted by atomic mass is 16.5. The van der Waals surface area contributed by atoms with Gasteiger partial charge in [0.25, 0.3) is 5.91 Å². The van der Waals surface area contributed by atoms with E-state index in [0.717, 1.165) is 19.3 Å². The zero-order valence-electron chi connectivity index (χ0n) is 34.2. The summed E-state index contributed by atoms with van der Waals surface area (Å²) in [5.74, 6) is -2.63. The second-order valence-electron chi connectivity index (χ2n) is 15.5. The van der Waals surface area contributed by atoms with Crippen molar-refractivity contribution in [1.29, 1.82) is 0 Å². The van der Waals surface area contributed by atoms with Crippen LogP contribution in [0.3, 0.4) is 0 Å². The first-order valence-electron chi connectivity index (χ1n) is 21.4. The first-order chi connectivity index (χ1) is 27.5. The number of ether oxygens (including phenoxy) is 1. The largest absolute Gasteiger partial charge is 0.507 e. The molecule has 1 aromatic carbocycles. The Morgan fingerprint density at radius 3 is 2.23 bits per heavy atom. The number of piperidine rings is 1. The van der Waals surface area contributed by atoms with Gasteiger partial charge >= 0.3 is 0 Å². The average molecular weight is 801 g/mol. The third kappa shape index (κ3) is 17.4. The van der Waals surface area contributed by atoms with E-state index in [2.05, 4.69) is 27.9 Å². The highest BCUT2D eigenvalue weighted by Gasteiger charge is 2.32. The minimum atomic E-state index is -1.01. The molecule has 2 aliphatic rings. The van der Waals surface area contributed by atoms with E-state index in [4.69, 9.17) is 4.74 Å². The normalized spacial score (nSPS) is 17.6. The fourth-order valence-electron chi connectivity index (χ4n) is 7.02. The number of phenols is 1. The van der Waals surface area contributed by atoms with Crippen LogP contribution in [0.15, 0.2) is 29.3 Å². The average Bonchev–Trinajstić information content (AvgIpc) is 3.70. The predicted octanol–water partition coefficient (Wildman–Crippen LogP) is 5.53. The van der Waals surface area contributed by atoms with Crippen LogP contribution in [-0.2, 0) is 28.7 Å². The van der Waals surface area contributed by atoms with Gasteiger partial charge in [0, 0.05) is 32.0 Å². The summed E-state index contributed by atoms with van der Waals surface area (Å²) in [5.41, 5.74) is 0.345. The lowest BCUT2D eigenvalue weighted by Crippen LogP contribution is -2.52. The molecule has 6 N–H and O–H groups in total. The van der Waals surface area contributed by atoms with Crippen molar-refractivity contribution in [3.63, 3.8) is 0 Å². The molecule has 1 saturated heterocycles. The van der Waals surface area contributed by atoms with E-state index >= 15 is 0 Å². The van der Waals surface area contributed by atoms with Crippen molar-refractivity contribution in [2.75, 3.05) is 26.2 Å². The van der Waals surface area contributed by atoms with Crippen LogP contribution in [0, 0.1) is 5.92 Å². The molecule has 3 rings (SSSR count). The molecule has 1 fully saturated rings. The summed E-state index contributed by atoms with van der Waals surface area (Å²) in [6.45, 7) is 4.31. The Morgan fingerprint density at radius 2 is 1.56 bits per heavy atom. The predicted molar refractivity (Wildman–Crippen MR) is 215 cm³/mol. The summed E-state index contributed by atoms with van der Waals surface area (Å²) >= 11 is 0. The zero-order chi connectivity index (χ0) is 41.4. The highest BCUT2D eigenvalue weighted by Crippen LogP contribution is 2.21. The molecular formula is C42H68N6O9. The van der Waals surface area contributed by atoms with Crippen LogP contribution in [0.1, 0.15) is 148 Å². The van der Waals surface area contributed by atoms with Crippen molar-refractivity contribution in [3.8, 4) is 5.75 Å². The van der Waals surface area contributed by atoms with Gasteiger partial charge < -0.3 is 25.8 Å². The fraction of sp³-hybridized carbons (Fsp3) is 0.714. The van der Waals surface area contributed by atoms with Crippen molar-refractivity contribution in [2.24, 2.45) is 10.9 Å². The van der Waals surface area contributed by atoms with E-state index in [1.54, 1.807) is 25.1 Å². The Hall–Kier alpha value is -4.24. The third-order valence-corrected chi connectivity index (χ3v) is 10.7. The highest BCUT2D eigenvalue weighted by molar-refractivity contribution is 6.00. The molecule has 4 atom stereocenters. The summed E-state index contributed by atoms with van der Waals surface area (Å²) in [5, 5.41) is 39.9. The maximum atomic E-state index is 13.4. The van der Waals surface area contributed by atoms with Gasteiger partial charge in [-0.15, -0.1) is 0 Å². The topological polar surface area (TPSA) is 210 Å². The van der Waals surface area contributed by atoms with Gasteiger partial charge in [-0.2, -0.15) is 0 Å². The summed E-state index contributed by atoms with van der Waals surface area (Å²) in [6, 6.07) is 3.73. The van der Waals surface area contributed by atoms with E-state index < -0.39 is 41.8 Å². The van der Waals surface area contributed by atoms with E-state index in [1.807, 2.05) is 0 Å². The quantitative estimate of drug-likeness (QED) is 0.0357. The summed E-state index contributed by atoms with van der Waals surface area (Å²) in [6.07, 6.45) is 18.0. The number of carbonyl (C=O) groups is 5. The van der Waals surface area contributed by atoms with Crippen molar-refractivity contribution in [2.45, 2.75) is 160 Å². The molecule has 320 valence electrons. The Labute approximate surface area is 338 Å². The third-order valence-electron chi connectivity index (χ3n) is 10.7. The number of aromatic hydroxyl groups is 1. The molecule has 57 heavy (non-hydrogen) atoms. The van der Waals surface area contributed by atoms with Crippen LogP contribution < -0.4 is 16.0 Å². The Kier molecular flexibility index (Phi) is 22.0. The SMILES string of the molecule is CCCCCCCCCCCCCCCC(=O)N(O)CCCC(NC(=O)C1COC(c2ccccc2O)=N1)C(=O)NCCCC(C)C(=O)NC1CCCN(O)C1=O. The minimum absolute atomic E-state index is 0.0107. The summed E-state index contributed by atoms with van der Waals surface area (Å²) in [4.78, 5) is 68.4. The first kappa shape index (κ1) is 47.1. The van der Waals surface area contributed by atoms with Gasteiger partial charge in [-0.3, -0.25) is 34.4 Å². The number of benzene rings is 1. The lowest BCUT2D eigenvalue weighted by Gasteiger charge is -2.28. The minimum Gasteiger partial charge on any atom is -0.507 e. The molecule has 0 aliphatic carbocycles. The van der Waals surface area contributed by atoms with Crippen LogP contribution in [0.5, 0.6) is 5.75 Å². The van der Waals surface area contributed by atoms with Crippen LogP contribution >= 0.6 is 0 Å². The molecule has 2 heterocycles. The number of hydroxylamine groups is 4. The number of amides is 5. The summed E-state index contributed by atoms with van der Waals surface area (Å²) < 4.78 is 5.59. The Morgan fingerprint density at radius 1 is 0.912 bits per heavy atom. The van der Waals surface area contributed by atoms with E-state index in [1.165, 1.54) is 63.9 Å². The van der Waals surface area contributed by atoms with Gasteiger partial charge in [-0.05, 0) is 57.1 Å². The molecule has 2 aliphatic heterocycles. The zero-order valence-corrected chi connectivity index (χ0v) is 34.2. The molecule has 15 heteroatoms. The molecule has 0 radical (unpaired) electrons. The second kappa shape index (κ2) is 26.6. The number of nitrogens with one attached hydrogen (secondary N) is 3. The monoisotopic (exact) mass is 801 g/mol. The van der Waals surface area contributed by atoms with Crippen LogP contribution in [0.2, 0.25) is 0 Å². The van der Waals surface area contributed by atoms with Crippen LogP contribution in [0.25, 0.3) is 0 Å². The molecule has 15 nitrogen and oxygen atoms in total. The molecule has 0 spiro atoms. The van der Waals surface area contributed by atoms with Gasteiger partial charge in [0.05, 0.1) is 5.56 Å². The van der Waals surface area contributed by atoms with Crippen LogP contribution in [-0.4, -0.2) is 105 Å². The van der Waals surface area contributed by atoms with Gasteiger partial charge in [0.2, 0.25) is 29.5 Å². The molecule has 0 saturated carbocycles. The smallest absolute Gasteiger partial charge is 0.268 e. The number of aliphatic imine (C=N–C) groups is 1. The number of hydrogen-bond donors (Lipinski definition) is 6. The maximum absolute atomic E-state index is 13.4. The lowest BCUT2D eigenvalue weighted by atomic mass is 10.0. The van der Waals surface area contributed by atoms with E-state index in [9.17, 15) is 39.5 Å². The standard InChI is InChI=1S/C42H68N6O9/c1-3-4-5-6-7-8-9-10-11-12-13-14-15-26-37(50)47(55)28-19-23-33(44-40(53)35-30-57-41(46-35)32-22-16-17-25-36(32)49)39(52)43-27-18-21-31(2)38(51)45-34-24-20-29-48(56)42(34)54/h16-17,22,25,31,33-35,49,55-56H,3-15,18-21,23-24,26-30H2,1-2H3,(H,43,52)(H,44,53)(H,45,51). The Bertz CT molecular complexity index is 1440. The molecular weight excluding hydrogens is 732 g/mol. The van der Waals surface area contributed by atoms with E-state index in [0.29, 0.717) is 47.8 Å². The van der Waals surface area contributed by atoms with Gasteiger partial charge in [-0.25, -0.2) is 15.1 Å². The molecule has 4 unspecified atom stereocenters. The number of carbonyl (C=O) groups excluding carboxylic acids is 5. The van der Waals surface area contributed by atoms with Gasteiger partial charge in [0.1, 0.15) is 24.4 Å². The van der Waals surface area contributed by atoms with Gasteiger partial charge in [-0.1, -0.05) is 103 Å². The molecule has 0 aromatic heterocycles. The summed E-state index contributed by atoms with van der Waals surface area (Å²) in [7, 11) is 0. The van der Waals surface area contributed by atoms with E-state index in [-0.39, 0.29) is 69.0 Å². The molecule has 5 amide bonds. The Balaban J connectivity index is 1.42. The van der Waals surface area contributed by atoms with Gasteiger partial charge in [0.15, 0.2) is 6.04 Å². The number of rotatable bonds is 28. The first-order valence-corrected chi connectivity index (χ1v) is 21.4. The molecule has 1 aromatic rings. The number of para-hydroxylation sites is 1. The van der Waals surface area contributed by atoms with Crippen molar-refractivity contribution in [1.82, 2.24) is 26.1 Å². The molecule has 0 bridgehead atoms. The number of hydrogen-bond acceptors (Lipinski definition) is 10. The second-order valence-corrected chi connectivity index (χ2v) is 15.5. The maximum Gasteiger partial charge on any atom is 0.268 e.